The Balaban J connectivity index is 2.71. The first-order chi connectivity index (χ1) is 7.85. The van der Waals surface area contributed by atoms with Gasteiger partial charge >= 0.3 is 0 Å². The molecule has 0 N–H and O–H groups in total. The van der Waals surface area contributed by atoms with Gasteiger partial charge in [-0.25, -0.2) is 13.4 Å². The second kappa shape index (κ2) is 5.75. The van der Waals surface area contributed by atoms with Crippen molar-refractivity contribution in [1.29, 1.82) is 0 Å². The van der Waals surface area contributed by atoms with Gasteiger partial charge in [-0.3, -0.25) is 0 Å². The number of rotatable bonds is 6. The first-order valence-electron chi connectivity index (χ1n) is 5.37. The van der Waals surface area contributed by atoms with E-state index in [4.69, 9.17) is 0 Å². The zero-order valence-corrected chi connectivity index (χ0v) is 12.1. The van der Waals surface area contributed by atoms with Crippen LogP contribution in [0.1, 0.15) is 23.7 Å². The zero-order valence-electron chi connectivity index (χ0n) is 10.4. The van der Waals surface area contributed by atoms with Crippen LogP contribution in [0.2, 0.25) is 0 Å². The maximum absolute atomic E-state index is 11.9. The number of nitrogens with zero attached hydrogens (tertiary/aromatic N) is 2. The predicted molar refractivity (Wildman–Crippen MR) is 71.6 cm³/mol. The lowest BCUT2D eigenvalue weighted by atomic mass is 10.4. The van der Waals surface area contributed by atoms with E-state index in [1.807, 2.05) is 0 Å². The average Bonchev–Trinajstić information content (AvgIpc) is 2.63. The van der Waals surface area contributed by atoms with Crippen LogP contribution in [0.15, 0.2) is 18.3 Å². The summed E-state index contributed by atoms with van der Waals surface area (Å²) >= 11 is 1.56. The number of aromatic nitrogens is 1. The quantitative estimate of drug-likeness (QED) is 0.746. The van der Waals surface area contributed by atoms with Gasteiger partial charge in [0.1, 0.15) is 5.01 Å². The minimum Gasteiger partial charge on any atom is -0.248 e. The molecule has 1 aromatic heterocycles. The van der Waals surface area contributed by atoms with Crippen molar-refractivity contribution in [1.82, 2.24) is 9.29 Å². The number of sulfonamides is 1. The van der Waals surface area contributed by atoms with Crippen molar-refractivity contribution in [2.75, 3.05) is 12.8 Å². The smallest absolute Gasteiger partial charge is 0.218 e. The van der Waals surface area contributed by atoms with Crippen molar-refractivity contribution < 1.29 is 8.42 Å². The molecule has 0 fully saturated rings. The standard InChI is InChI=1S/C11H18N2O2S2/c1-5-10-6-12-11(16-10)7-13(4)17(14,15)8-9(2)3/h6H,2,5,7-8H2,1,3-4H3. The van der Waals surface area contributed by atoms with Crippen molar-refractivity contribution >= 4 is 21.4 Å². The van der Waals surface area contributed by atoms with E-state index >= 15 is 0 Å². The van der Waals surface area contributed by atoms with E-state index in [0.29, 0.717) is 12.1 Å². The summed E-state index contributed by atoms with van der Waals surface area (Å²) in [4.78, 5) is 5.38. The van der Waals surface area contributed by atoms with Gasteiger partial charge in [-0.1, -0.05) is 19.1 Å². The van der Waals surface area contributed by atoms with Crippen molar-refractivity contribution in [3.05, 3.63) is 28.2 Å². The highest BCUT2D eigenvalue weighted by Gasteiger charge is 2.19. The van der Waals surface area contributed by atoms with Crippen molar-refractivity contribution in [3.63, 3.8) is 0 Å². The Morgan fingerprint density at radius 3 is 2.71 bits per heavy atom. The Bertz CT molecular complexity index is 491. The summed E-state index contributed by atoms with van der Waals surface area (Å²) in [7, 11) is -1.68. The van der Waals surface area contributed by atoms with Crippen LogP contribution in [0.3, 0.4) is 0 Å². The van der Waals surface area contributed by atoms with Gasteiger partial charge in [0.05, 0.1) is 12.3 Å². The third-order valence-corrected chi connectivity index (χ3v) is 5.27. The molecule has 1 aromatic rings. The maximum atomic E-state index is 11.9. The third kappa shape index (κ3) is 4.22. The number of aryl methyl sites for hydroxylation is 1. The Labute approximate surface area is 107 Å². The first kappa shape index (κ1) is 14.3. The van der Waals surface area contributed by atoms with Crippen LogP contribution in [0.5, 0.6) is 0 Å². The molecule has 0 radical (unpaired) electrons. The molecule has 0 aromatic carbocycles. The average molecular weight is 274 g/mol. The summed E-state index contributed by atoms with van der Waals surface area (Å²) in [6.45, 7) is 7.73. The van der Waals surface area contributed by atoms with E-state index in [0.717, 1.165) is 11.4 Å². The monoisotopic (exact) mass is 274 g/mol. The Kier molecular flexibility index (Phi) is 4.85. The molecule has 4 nitrogen and oxygen atoms in total. The lowest BCUT2D eigenvalue weighted by Gasteiger charge is -2.15. The molecule has 0 spiro atoms. The summed E-state index contributed by atoms with van der Waals surface area (Å²) in [6.07, 6.45) is 2.74. The van der Waals surface area contributed by atoms with Gasteiger partial charge in [-0.2, -0.15) is 4.31 Å². The van der Waals surface area contributed by atoms with Crippen LogP contribution < -0.4 is 0 Å². The fraction of sp³-hybridized carbons (Fsp3) is 0.545. The second-order valence-electron chi connectivity index (χ2n) is 4.04. The number of hydrogen-bond acceptors (Lipinski definition) is 4. The van der Waals surface area contributed by atoms with E-state index in [9.17, 15) is 8.42 Å². The van der Waals surface area contributed by atoms with Crippen LogP contribution in [0.4, 0.5) is 0 Å². The largest absolute Gasteiger partial charge is 0.248 e. The highest BCUT2D eigenvalue weighted by Crippen LogP contribution is 2.16. The van der Waals surface area contributed by atoms with E-state index in [2.05, 4.69) is 18.5 Å². The minimum atomic E-state index is -3.25. The summed E-state index contributed by atoms with van der Waals surface area (Å²) in [6, 6.07) is 0. The fourth-order valence-electron chi connectivity index (χ4n) is 1.29. The molecule has 0 bridgehead atoms. The molecule has 17 heavy (non-hydrogen) atoms. The molecule has 0 amide bonds. The molecule has 0 saturated heterocycles. The van der Waals surface area contributed by atoms with Gasteiger partial charge in [0.25, 0.3) is 0 Å². The normalized spacial score (nSPS) is 12.0. The number of hydrogen-bond donors (Lipinski definition) is 0. The molecule has 1 rings (SSSR count). The van der Waals surface area contributed by atoms with Gasteiger partial charge in [0.2, 0.25) is 10.0 Å². The molecule has 0 atom stereocenters. The van der Waals surface area contributed by atoms with Crippen LogP contribution in [0.25, 0.3) is 0 Å². The van der Waals surface area contributed by atoms with E-state index in [1.54, 1.807) is 31.5 Å². The van der Waals surface area contributed by atoms with Crippen molar-refractivity contribution in [2.24, 2.45) is 0 Å². The molecule has 96 valence electrons. The molecular weight excluding hydrogens is 256 g/mol. The van der Waals surface area contributed by atoms with E-state index in [1.165, 1.54) is 9.18 Å². The van der Waals surface area contributed by atoms with Crippen LogP contribution >= 0.6 is 11.3 Å². The van der Waals surface area contributed by atoms with Gasteiger partial charge in [-0.05, 0) is 13.3 Å². The Hall–Kier alpha value is -0.720. The second-order valence-corrected chi connectivity index (χ2v) is 7.32. The maximum Gasteiger partial charge on any atom is 0.218 e. The van der Waals surface area contributed by atoms with Gasteiger partial charge in [0, 0.05) is 18.1 Å². The summed E-state index contributed by atoms with van der Waals surface area (Å²) in [5, 5.41) is 0.828. The first-order valence-corrected chi connectivity index (χ1v) is 7.79. The van der Waals surface area contributed by atoms with E-state index < -0.39 is 10.0 Å². The lowest BCUT2D eigenvalue weighted by Crippen LogP contribution is -2.29. The number of thiazole rings is 1. The molecule has 6 heteroatoms. The zero-order chi connectivity index (χ0) is 13.1. The molecule has 0 saturated carbocycles. The van der Waals surface area contributed by atoms with Gasteiger partial charge in [-0.15, -0.1) is 11.3 Å². The van der Waals surface area contributed by atoms with Gasteiger partial charge in [0.15, 0.2) is 0 Å². The highest BCUT2D eigenvalue weighted by molar-refractivity contribution is 7.89. The van der Waals surface area contributed by atoms with Crippen LogP contribution in [-0.2, 0) is 23.0 Å². The highest BCUT2D eigenvalue weighted by atomic mass is 32.2. The van der Waals surface area contributed by atoms with Crippen molar-refractivity contribution in [3.8, 4) is 0 Å². The topological polar surface area (TPSA) is 50.3 Å². The Morgan fingerprint density at radius 1 is 1.59 bits per heavy atom. The minimum absolute atomic E-state index is 0.00445. The third-order valence-electron chi connectivity index (χ3n) is 2.21. The molecular formula is C11H18N2O2S2. The summed E-state index contributed by atoms with van der Waals surface area (Å²) in [5.41, 5.74) is 0.644. The molecule has 0 unspecified atom stereocenters. The lowest BCUT2D eigenvalue weighted by molar-refractivity contribution is 0.468. The van der Waals surface area contributed by atoms with Crippen molar-refractivity contribution in [2.45, 2.75) is 26.8 Å². The summed E-state index contributed by atoms with van der Waals surface area (Å²) < 4.78 is 25.1. The SMILES string of the molecule is C=C(C)CS(=O)(=O)N(C)Cc1ncc(CC)s1. The fourth-order valence-corrected chi connectivity index (χ4v) is 3.45. The predicted octanol–water partition coefficient (Wildman–Crippen LogP) is 2.04. The molecule has 0 aliphatic heterocycles. The van der Waals surface area contributed by atoms with Crippen LogP contribution in [0, 0.1) is 0 Å². The van der Waals surface area contributed by atoms with Gasteiger partial charge < -0.3 is 0 Å². The Morgan fingerprint density at radius 2 is 2.24 bits per heavy atom. The van der Waals surface area contributed by atoms with E-state index in [-0.39, 0.29) is 5.75 Å². The van der Waals surface area contributed by atoms with Crippen LogP contribution in [-0.4, -0.2) is 30.5 Å². The molecule has 0 aliphatic rings. The molecule has 0 aliphatic carbocycles. The molecule has 1 heterocycles. The summed E-state index contributed by atoms with van der Waals surface area (Å²) in [5.74, 6) is -0.00445.